The number of hydrogen-bond acceptors (Lipinski definition) is 4. The zero-order chi connectivity index (χ0) is 20.7. The average molecular weight is 416 g/mol. The van der Waals surface area contributed by atoms with E-state index in [0.29, 0.717) is 59.2 Å². The minimum Gasteiger partial charge on any atom is -0.339 e. The number of piperazine rings is 1. The van der Waals surface area contributed by atoms with Crippen molar-refractivity contribution in [2.24, 2.45) is 0 Å². The standard InChI is InChI=1S/C20H19ClFN5O2/c1-12-17-18(21)16(20(29)26-9-7-25(8-10-26)13(2)28)11-23-19(17)27(24-12)15-5-3-14(22)4-6-15/h3-6,11H,7-10H2,1-2H3. The molecule has 3 aromatic rings. The third-order valence-corrected chi connectivity index (χ3v) is 5.51. The number of fused-ring (bicyclic) bond motifs is 1. The van der Waals surface area contributed by atoms with Gasteiger partial charge in [-0.1, -0.05) is 11.6 Å². The van der Waals surface area contributed by atoms with Crippen molar-refractivity contribution in [3.05, 3.63) is 52.6 Å². The Bertz CT molecular complexity index is 1100. The quantitative estimate of drug-likeness (QED) is 0.645. The number of benzene rings is 1. The summed E-state index contributed by atoms with van der Waals surface area (Å²) in [5.74, 6) is -0.561. The first kappa shape index (κ1) is 19.3. The number of aromatic nitrogens is 3. The molecular formula is C20H19ClFN5O2. The minimum absolute atomic E-state index is 0.00190. The summed E-state index contributed by atoms with van der Waals surface area (Å²) in [7, 11) is 0. The van der Waals surface area contributed by atoms with Gasteiger partial charge in [-0.15, -0.1) is 0 Å². The second-order valence-electron chi connectivity index (χ2n) is 6.96. The van der Waals surface area contributed by atoms with Gasteiger partial charge in [0.25, 0.3) is 5.91 Å². The van der Waals surface area contributed by atoms with E-state index in [0.717, 1.165) is 0 Å². The molecule has 9 heteroatoms. The van der Waals surface area contributed by atoms with Crippen molar-refractivity contribution in [3.63, 3.8) is 0 Å². The molecule has 150 valence electrons. The smallest absolute Gasteiger partial charge is 0.257 e. The summed E-state index contributed by atoms with van der Waals surface area (Å²) in [6.07, 6.45) is 1.45. The van der Waals surface area contributed by atoms with Crippen LogP contribution in [0.1, 0.15) is 23.0 Å². The van der Waals surface area contributed by atoms with Crippen molar-refractivity contribution in [2.45, 2.75) is 13.8 Å². The molecule has 1 saturated heterocycles. The van der Waals surface area contributed by atoms with Gasteiger partial charge in [0.05, 0.1) is 27.4 Å². The lowest BCUT2D eigenvalue weighted by Crippen LogP contribution is -2.50. The van der Waals surface area contributed by atoms with E-state index in [-0.39, 0.29) is 17.6 Å². The molecule has 0 aliphatic carbocycles. The van der Waals surface area contributed by atoms with E-state index in [1.165, 1.54) is 25.3 Å². The third-order valence-electron chi connectivity index (χ3n) is 5.12. The van der Waals surface area contributed by atoms with Crippen molar-refractivity contribution >= 4 is 34.4 Å². The number of amides is 2. The van der Waals surface area contributed by atoms with Crippen LogP contribution in [0.15, 0.2) is 30.5 Å². The van der Waals surface area contributed by atoms with Crippen LogP contribution in [0.3, 0.4) is 0 Å². The molecule has 7 nitrogen and oxygen atoms in total. The van der Waals surface area contributed by atoms with Gasteiger partial charge in [0.2, 0.25) is 5.91 Å². The van der Waals surface area contributed by atoms with E-state index in [1.807, 2.05) is 0 Å². The highest BCUT2D eigenvalue weighted by Crippen LogP contribution is 2.30. The summed E-state index contributed by atoms with van der Waals surface area (Å²) in [6.45, 7) is 5.19. The molecule has 0 N–H and O–H groups in total. The summed E-state index contributed by atoms with van der Waals surface area (Å²) in [5, 5.41) is 5.35. The van der Waals surface area contributed by atoms with Crippen LogP contribution in [0.4, 0.5) is 4.39 Å². The predicted molar refractivity (Wildman–Crippen MR) is 107 cm³/mol. The van der Waals surface area contributed by atoms with E-state index in [1.54, 1.807) is 33.5 Å². The monoisotopic (exact) mass is 415 g/mol. The number of hydrogen-bond donors (Lipinski definition) is 0. The highest BCUT2D eigenvalue weighted by Gasteiger charge is 2.27. The van der Waals surface area contributed by atoms with Crippen LogP contribution >= 0.6 is 11.6 Å². The molecule has 0 radical (unpaired) electrons. The fraction of sp³-hybridized carbons (Fsp3) is 0.300. The van der Waals surface area contributed by atoms with E-state index in [2.05, 4.69) is 10.1 Å². The first-order chi connectivity index (χ1) is 13.9. The average Bonchev–Trinajstić information content (AvgIpc) is 3.06. The molecule has 3 heterocycles. The van der Waals surface area contributed by atoms with Gasteiger partial charge < -0.3 is 9.80 Å². The lowest BCUT2D eigenvalue weighted by Gasteiger charge is -2.34. The van der Waals surface area contributed by atoms with Gasteiger partial charge in [-0.3, -0.25) is 9.59 Å². The Morgan fingerprint density at radius 2 is 1.69 bits per heavy atom. The van der Waals surface area contributed by atoms with Crippen LogP contribution in [0.5, 0.6) is 0 Å². The van der Waals surface area contributed by atoms with Gasteiger partial charge in [0.15, 0.2) is 5.65 Å². The maximum Gasteiger partial charge on any atom is 0.257 e. The van der Waals surface area contributed by atoms with E-state index < -0.39 is 0 Å². The zero-order valence-electron chi connectivity index (χ0n) is 16.0. The molecule has 0 atom stereocenters. The van der Waals surface area contributed by atoms with Gasteiger partial charge in [0, 0.05) is 39.3 Å². The molecule has 0 spiro atoms. The van der Waals surface area contributed by atoms with Crippen LogP contribution in [0.25, 0.3) is 16.7 Å². The molecule has 1 fully saturated rings. The van der Waals surface area contributed by atoms with Crippen molar-refractivity contribution in [3.8, 4) is 5.69 Å². The molecule has 4 rings (SSSR count). The molecule has 0 bridgehead atoms. The van der Waals surface area contributed by atoms with Gasteiger partial charge >= 0.3 is 0 Å². The number of halogens is 2. The van der Waals surface area contributed by atoms with E-state index in [9.17, 15) is 14.0 Å². The van der Waals surface area contributed by atoms with Gasteiger partial charge in [0.1, 0.15) is 5.82 Å². The molecular weight excluding hydrogens is 397 g/mol. The van der Waals surface area contributed by atoms with Gasteiger partial charge in [-0.25, -0.2) is 14.1 Å². The Morgan fingerprint density at radius 1 is 1.07 bits per heavy atom. The number of nitrogens with zero attached hydrogens (tertiary/aromatic N) is 5. The number of carbonyl (C=O) groups is 2. The Labute approximate surface area is 171 Å². The Hall–Kier alpha value is -3.00. The largest absolute Gasteiger partial charge is 0.339 e. The highest BCUT2D eigenvalue weighted by atomic mass is 35.5. The third kappa shape index (κ3) is 3.44. The number of rotatable bonds is 2. The van der Waals surface area contributed by atoms with Gasteiger partial charge in [-0.2, -0.15) is 5.10 Å². The molecule has 29 heavy (non-hydrogen) atoms. The molecule has 0 saturated carbocycles. The maximum absolute atomic E-state index is 13.2. The first-order valence-electron chi connectivity index (χ1n) is 9.21. The van der Waals surface area contributed by atoms with Crippen molar-refractivity contribution in [1.29, 1.82) is 0 Å². The molecule has 1 aromatic carbocycles. The Morgan fingerprint density at radius 3 is 2.31 bits per heavy atom. The SMILES string of the molecule is CC(=O)N1CCN(C(=O)c2cnc3c(c(C)nn3-c3ccc(F)cc3)c2Cl)CC1. The summed E-state index contributed by atoms with van der Waals surface area (Å²) < 4.78 is 14.8. The molecule has 1 aliphatic rings. The fourth-order valence-corrected chi connectivity index (χ4v) is 3.87. The lowest BCUT2D eigenvalue weighted by molar-refractivity contribution is -0.130. The van der Waals surface area contributed by atoms with Crippen LogP contribution in [-0.2, 0) is 4.79 Å². The zero-order valence-corrected chi connectivity index (χ0v) is 16.8. The predicted octanol–water partition coefficient (Wildman–Crippen LogP) is 2.83. The van der Waals surface area contributed by atoms with Crippen molar-refractivity contribution in [2.75, 3.05) is 26.2 Å². The lowest BCUT2D eigenvalue weighted by atomic mass is 10.1. The summed E-state index contributed by atoms with van der Waals surface area (Å²) in [6, 6.07) is 5.89. The molecule has 0 unspecified atom stereocenters. The van der Waals surface area contributed by atoms with Crippen LogP contribution < -0.4 is 0 Å². The number of pyridine rings is 1. The van der Waals surface area contributed by atoms with Crippen LogP contribution in [-0.4, -0.2) is 62.6 Å². The fourth-order valence-electron chi connectivity index (χ4n) is 3.51. The maximum atomic E-state index is 13.2. The molecule has 2 amide bonds. The normalized spacial score (nSPS) is 14.5. The highest BCUT2D eigenvalue weighted by molar-refractivity contribution is 6.38. The minimum atomic E-state index is -0.342. The molecule has 2 aromatic heterocycles. The van der Waals surface area contributed by atoms with Gasteiger partial charge in [-0.05, 0) is 31.2 Å². The van der Waals surface area contributed by atoms with Crippen molar-refractivity contribution < 1.29 is 14.0 Å². The summed E-state index contributed by atoms with van der Waals surface area (Å²) in [5.41, 5.74) is 2.07. The topological polar surface area (TPSA) is 71.3 Å². The van der Waals surface area contributed by atoms with Crippen molar-refractivity contribution in [1.82, 2.24) is 24.6 Å². The Balaban J connectivity index is 1.68. The van der Waals surface area contributed by atoms with E-state index in [4.69, 9.17) is 11.6 Å². The summed E-state index contributed by atoms with van der Waals surface area (Å²) in [4.78, 5) is 32.3. The number of carbonyl (C=O) groups excluding carboxylic acids is 2. The van der Waals surface area contributed by atoms with E-state index >= 15 is 0 Å². The van der Waals surface area contributed by atoms with Crippen LogP contribution in [0.2, 0.25) is 5.02 Å². The van der Waals surface area contributed by atoms with Crippen LogP contribution in [0, 0.1) is 12.7 Å². The second kappa shape index (κ2) is 7.44. The molecule has 1 aliphatic heterocycles. The second-order valence-corrected chi connectivity index (χ2v) is 7.33. The summed E-state index contributed by atoms with van der Waals surface area (Å²) >= 11 is 6.60. The number of aryl methyl sites for hydroxylation is 1. The Kier molecular flexibility index (Phi) is 4.96. The first-order valence-corrected chi connectivity index (χ1v) is 9.59.